The zero-order chi connectivity index (χ0) is 13.1. The van der Waals surface area contributed by atoms with Crippen LogP contribution in [-0.4, -0.2) is 11.8 Å². The summed E-state index contributed by atoms with van der Waals surface area (Å²) < 4.78 is 0. The van der Waals surface area contributed by atoms with E-state index < -0.39 is 11.8 Å². The molecule has 0 aliphatic heterocycles. The summed E-state index contributed by atoms with van der Waals surface area (Å²) in [4.78, 5) is 23.4. The number of benzene rings is 2. The number of rotatable bonds is 2. The molecule has 2 amide bonds. The van der Waals surface area contributed by atoms with Crippen LogP contribution in [0.15, 0.2) is 54.6 Å². The minimum Gasteiger partial charge on any atom is -0.288 e. The van der Waals surface area contributed by atoms with Crippen molar-refractivity contribution in [2.45, 2.75) is 6.92 Å². The lowest BCUT2D eigenvalue weighted by Gasteiger charge is -2.06. The lowest BCUT2D eigenvalue weighted by molar-refractivity contribution is -0.116. The Hall–Kier alpha value is -2.42. The fourth-order valence-corrected chi connectivity index (χ4v) is 1.70. The molecule has 2 aromatic carbocycles. The average Bonchev–Trinajstić information content (AvgIpc) is 2.37. The molecule has 0 heterocycles. The maximum Gasteiger partial charge on any atom is 0.258 e. The quantitative estimate of drug-likeness (QED) is 0.819. The van der Waals surface area contributed by atoms with Crippen LogP contribution >= 0.6 is 0 Å². The Bertz CT molecular complexity index is 638. The van der Waals surface area contributed by atoms with Crippen LogP contribution in [0, 0.1) is 0 Å². The second kappa shape index (κ2) is 4.84. The van der Waals surface area contributed by atoms with Gasteiger partial charge >= 0.3 is 0 Å². The molecule has 0 spiro atoms. The van der Waals surface area contributed by atoms with E-state index in [0.717, 1.165) is 10.8 Å². The zero-order valence-corrected chi connectivity index (χ0v) is 10.1. The van der Waals surface area contributed by atoms with Crippen molar-refractivity contribution in [3.63, 3.8) is 0 Å². The molecule has 0 saturated heterocycles. The van der Waals surface area contributed by atoms with Gasteiger partial charge in [0.1, 0.15) is 0 Å². The maximum atomic E-state index is 12.0. The van der Waals surface area contributed by atoms with Crippen LogP contribution in [0.4, 0.5) is 0 Å². The SMILES string of the molecule is C=C(C)C(=O)NC(=O)c1cccc2ccccc12. The molecule has 3 nitrogen and oxygen atoms in total. The molecule has 2 rings (SSSR count). The first-order valence-corrected chi connectivity index (χ1v) is 5.58. The highest BCUT2D eigenvalue weighted by Gasteiger charge is 2.12. The summed E-state index contributed by atoms with van der Waals surface area (Å²) in [6, 6.07) is 13.0. The Labute approximate surface area is 105 Å². The van der Waals surface area contributed by atoms with Crippen LogP contribution in [0.25, 0.3) is 10.8 Å². The van der Waals surface area contributed by atoms with Gasteiger partial charge in [0.2, 0.25) is 0 Å². The lowest BCUT2D eigenvalue weighted by Crippen LogP contribution is -2.30. The summed E-state index contributed by atoms with van der Waals surface area (Å²) in [6.45, 7) is 5.06. The molecule has 0 unspecified atom stereocenters. The highest BCUT2D eigenvalue weighted by atomic mass is 16.2. The topological polar surface area (TPSA) is 46.2 Å². The summed E-state index contributed by atoms with van der Waals surface area (Å²) in [7, 11) is 0. The predicted molar refractivity (Wildman–Crippen MR) is 71.2 cm³/mol. The van der Waals surface area contributed by atoms with Crippen molar-refractivity contribution in [2.24, 2.45) is 0 Å². The lowest BCUT2D eigenvalue weighted by atomic mass is 10.0. The fourth-order valence-electron chi connectivity index (χ4n) is 1.70. The van der Waals surface area contributed by atoms with Crippen LogP contribution < -0.4 is 5.32 Å². The zero-order valence-electron chi connectivity index (χ0n) is 10.1. The molecule has 0 atom stereocenters. The van der Waals surface area contributed by atoms with Crippen molar-refractivity contribution < 1.29 is 9.59 Å². The molecule has 2 aromatic rings. The molecule has 0 bridgehead atoms. The van der Waals surface area contributed by atoms with E-state index in [0.29, 0.717) is 11.1 Å². The van der Waals surface area contributed by atoms with E-state index >= 15 is 0 Å². The van der Waals surface area contributed by atoms with Crippen LogP contribution in [0.3, 0.4) is 0 Å². The Kier molecular flexibility index (Phi) is 3.24. The van der Waals surface area contributed by atoms with Crippen LogP contribution in [-0.2, 0) is 4.79 Å². The van der Waals surface area contributed by atoms with Crippen molar-refractivity contribution in [3.05, 3.63) is 60.2 Å². The molecule has 0 fully saturated rings. The molecule has 0 radical (unpaired) electrons. The standard InChI is InChI=1S/C15H13NO2/c1-10(2)14(17)16-15(18)13-9-5-7-11-6-3-4-8-12(11)13/h3-9H,1H2,2H3,(H,16,17,18). The van der Waals surface area contributed by atoms with Crippen LogP contribution in [0.5, 0.6) is 0 Å². The van der Waals surface area contributed by atoms with Gasteiger partial charge in [-0.2, -0.15) is 0 Å². The Balaban J connectivity index is 2.39. The highest BCUT2D eigenvalue weighted by molar-refractivity contribution is 6.14. The van der Waals surface area contributed by atoms with Gasteiger partial charge in [-0.15, -0.1) is 0 Å². The van der Waals surface area contributed by atoms with Gasteiger partial charge in [-0.05, 0) is 23.8 Å². The third-order valence-corrected chi connectivity index (χ3v) is 2.65. The predicted octanol–water partition coefficient (Wildman–Crippen LogP) is 2.67. The molecule has 3 heteroatoms. The maximum absolute atomic E-state index is 12.0. The first kappa shape index (κ1) is 12.0. The van der Waals surface area contributed by atoms with Gasteiger partial charge in [-0.1, -0.05) is 43.0 Å². The van der Waals surface area contributed by atoms with E-state index in [9.17, 15) is 9.59 Å². The number of hydrogen-bond acceptors (Lipinski definition) is 2. The van der Waals surface area contributed by atoms with Crippen LogP contribution in [0.1, 0.15) is 17.3 Å². The minimum absolute atomic E-state index is 0.309. The van der Waals surface area contributed by atoms with Crippen molar-refractivity contribution >= 4 is 22.6 Å². The highest BCUT2D eigenvalue weighted by Crippen LogP contribution is 2.18. The number of hydrogen-bond donors (Lipinski definition) is 1. The number of fused-ring (bicyclic) bond motifs is 1. The third-order valence-electron chi connectivity index (χ3n) is 2.65. The van der Waals surface area contributed by atoms with E-state index in [1.165, 1.54) is 0 Å². The van der Waals surface area contributed by atoms with E-state index in [4.69, 9.17) is 0 Å². The van der Waals surface area contributed by atoms with Crippen molar-refractivity contribution in [3.8, 4) is 0 Å². The summed E-state index contributed by atoms with van der Waals surface area (Å²) >= 11 is 0. The molecule has 18 heavy (non-hydrogen) atoms. The third kappa shape index (κ3) is 2.30. The van der Waals surface area contributed by atoms with Gasteiger partial charge in [0, 0.05) is 11.1 Å². The number of amides is 2. The van der Waals surface area contributed by atoms with Gasteiger partial charge in [0.25, 0.3) is 11.8 Å². The molecular formula is C15H13NO2. The first-order chi connectivity index (χ1) is 8.59. The Morgan fingerprint density at radius 1 is 1.06 bits per heavy atom. The van der Waals surface area contributed by atoms with Crippen molar-refractivity contribution in [1.82, 2.24) is 5.32 Å². The number of nitrogens with one attached hydrogen (secondary N) is 1. The van der Waals surface area contributed by atoms with Crippen molar-refractivity contribution in [1.29, 1.82) is 0 Å². The molecule has 1 N–H and O–H groups in total. The molecule has 0 saturated carbocycles. The number of carbonyl (C=O) groups is 2. The monoisotopic (exact) mass is 239 g/mol. The van der Waals surface area contributed by atoms with Gasteiger partial charge in [-0.3, -0.25) is 14.9 Å². The first-order valence-electron chi connectivity index (χ1n) is 5.58. The summed E-state index contributed by atoms with van der Waals surface area (Å²) in [5.74, 6) is -0.854. The van der Waals surface area contributed by atoms with Gasteiger partial charge in [0.05, 0.1) is 0 Å². The normalized spacial score (nSPS) is 10.1. The second-order valence-electron chi connectivity index (χ2n) is 4.09. The van der Waals surface area contributed by atoms with Crippen LogP contribution in [0.2, 0.25) is 0 Å². The number of imide groups is 1. The van der Waals surface area contributed by atoms with Gasteiger partial charge < -0.3 is 0 Å². The summed E-state index contributed by atoms with van der Waals surface area (Å²) in [6.07, 6.45) is 0. The molecule has 0 aliphatic carbocycles. The smallest absolute Gasteiger partial charge is 0.258 e. The second-order valence-corrected chi connectivity index (χ2v) is 4.09. The van der Waals surface area contributed by atoms with E-state index in [1.54, 1.807) is 19.1 Å². The Morgan fingerprint density at radius 2 is 1.72 bits per heavy atom. The van der Waals surface area contributed by atoms with Crippen molar-refractivity contribution in [2.75, 3.05) is 0 Å². The molecule has 90 valence electrons. The Morgan fingerprint density at radius 3 is 2.44 bits per heavy atom. The van der Waals surface area contributed by atoms with Gasteiger partial charge in [-0.25, -0.2) is 0 Å². The van der Waals surface area contributed by atoms with E-state index in [-0.39, 0.29) is 0 Å². The summed E-state index contributed by atoms with van der Waals surface area (Å²) in [5.41, 5.74) is 0.797. The van der Waals surface area contributed by atoms with E-state index in [2.05, 4.69) is 11.9 Å². The molecular weight excluding hydrogens is 226 g/mol. The van der Waals surface area contributed by atoms with E-state index in [1.807, 2.05) is 30.3 Å². The molecule has 0 aliphatic rings. The minimum atomic E-state index is -0.451. The number of carbonyl (C=O) groups excluding carboxylic acids is 2. The fraction of sp³-hybridized carbons (Fsp3) is 0.0667. The summed E-state index contributed by atoms with van der Waals surface area (Å²) in [5, 5.41) is 4.10. The van der Waals surface area contributed by atoms with Gasteiger partial charge in [0.15, 0.2) is 0 Å². The largest absolute Gasteiger partial charge is 0.288 e. The molecule has 0 aromatic heterocycles. The average molecular weight is 239 g/mol.